The van der Waals surface area contributed by atoms with E-state index in [4.69, 9.17) is 14.2 Å². The summed E-state index contributed by atoms with van der Waals surface area (Å²) in [5.74, 6) is -0.0169. The van der Waals surface area contributed by atoms with Gasteiger partial charge in [-0.15, -0.1) is 0 Å². The number of carbonyl (C=O) groups is 1. The molecule has 2 rings (SSSR count). The first-order valence-corrected chi connectivity index (χ1v) is 5.76. The average molecular weight is 214 g/mol. The van der Waals surface area contributed by atoms with Crippen LogP contribution in [-0.4, -0.2) is 32.1 Å². The van der Waals surface area contributed by atoms with Gasteiger partial charge in [0.25, 0.3) is 0 Å². The molecular weight excluding hydrogens is 196 g/mol. The van der Waals surface area contributed by atoms with Crippen LogP contribution in [0.5, 0.6) is 0 Å². The third kappa shape index (κ3) is 3.18. The highest BCUT2D eigenvalue weighted by Gasteiger charge is 2.26. The van der Waals surface area contributed by atoms with Crippen LogP contribution in [0, 0.1) is 5.92 Å². The smallest absolute Gasteiger partial charge is 0.309 e. The molecule has 4 nitrogen and oxygen atoms in total. The van der Waals surface area contributed by atoms with E-state index in [1.165, 1.54) is 6.42 Å². The summed E-state index contributed by atoms with van der Waals surface area (Å²) in [6, 6.07) is 0. The molecule has 2 atom stereocenters. The van der Waals surface area contributed by atoms with Crippen molar-refractivity contribution >= 4 is 5.97 Å². The van der Waals surface area contributed by atoms with Gasteiger partial charge in [-0.3, -0.25) is 4.79 Å². The monoisotopic (exact) mass is 214 g/mol. The number of cyclic esters (lactones) is 1. The van der Waals surface area contributed by atoms with Crippen LogP contribution < -0.4 is 0 Å². The molecule has 0 bridgehead atoms. The van der Waals surface area contributed by atoms with Gasteiger partial charge in [0.1, 0.15) is 0 Å². The predicted octanol–water partition coefficient (Wildman–Crippen LogP) is 1.48. The molecule has 0 spiro atoms. The third-order valence-electron chi connectivity index (χ3n) is 2.95. The van der Waals surface area contributed by atoms with E-state index in [1.807, 2.05) is 0 Å². The zero-order valence-electron chi connectivity index (χ0n) is 8.94. The van der Waals surface area contributed by atoms with E-state index in [9.17, 15) is 4.79 Å². The van der Waals surface area contributed by atoms with E-state index in [2.05, 4.69) is 0 Å². The van der Waals surface area contributed by atoms with Crippen LogP contribution in [0.2, 0.25) is 0 Å². The molecule has 2 fully saturated rings. The summed E-state index contributed by atoms with van der Waals surface area (Å²) in [6.07, 6.45) is 4.85. The minimum atomic E-state index is -0.0665. The third-order valence-corrected chi connectivity index (χ3v) is 2.95. The Kier molecular flexibility index (Phi) is 3.97. The fourth-order valence-corrected chi connectivity index (χ4v) is 1.98. The van der Waals surface area contributed by atoms with Crippen molar-refractivity contribution in [2.45, 2.75) is 38.4 Å². The predicted molar refractivity (Wildman–Crippen MR) is 53.2 cm³/mol. The zero-order valence-corrected chi connectivity index (χ0v) is 8.94. The second-order valence-electron chi connectivity index (χ2n) is 4.11. The van der Waals surface area contributed by atoms with Crippen LogP contribution in [0.3, 0.4) is 0 Å². The number of hydrogen-bond acceptors (Lipinski definition) is 4. The SMILES string of the molecule is O=C1OCCC1CCOC1CCCCO1. The zero-order chi connectivity index (χ0) is 10.5. The number of carbonyl (C=O) groups excluding carboxylic acids is 1. The van der Waals surface area contributed by atoms with E-state index in [0.29, 0.717) is 13.2 Å². The highest BCUT2D eigenvalue weighted by molar-refractivity contribution is 5.74. The normalized spacial score (nSPS) is 31.6. The second-order valence-corrected chi connectivity index (χ2v) is 4.11. The van der Waals surface area contributed by atoms with E-state index in [0.717, 1.165) is 32.3 Å². The lowest BCUT2D eigenvalue weighted by Crippen LogP contribution is -2.23. The van der Waals surface area contributed by atoms with Crippen LogP contribution >= 0.6 is 0 Å². The molecule has 2 heterocycles. The molecule has 86 valence electrons. The van der Waals surface area contributed by atoms with Crippen molar-refractivity contribution in [2.24, 2.45) is 5.92 Å². The lowest BCUT2D eigenvalue weighted by atomic mass is 10.1. The Morgan fingerprint density at radius 3 is 2.87 bits per heavy atom. The van der Waals surface area contributed by atoms with Gasteiger partial charge in [-0.25, -0.2) is 0 Å². The van der Waals surface area contributed by atoms with Crippen LogP contribution in [0.25, 0.3) is 0 Å². The Labute approximate surface area is 89.9 Å². The van der Waals surface area contributed by atoms with Crippen LogP contribution in [0.1, 0.15) is 32.1 Å². The molecule has 15 heavy (non-hydrogen) atoms. The first-order chi connectivity index (χ1) is 7.36. The molecule has 4 heteroatoms. The summed E-state index contributed by atoms with van der Waals surface area (Å²) >= 11 is 0. The van der Waals surface area contributed by atoms with Crippen LogP contribution in [0.4, 0.5) is 0 Å². The maximum Gasteiger partial charge on any atom is 0.309 e. The van der Waals surface area contributed by atoms with Crippen molar-refractivity contribution < 1.29 is 19.0 Å². The van der Waals surface area contributed by atoms with Crippen molar-refractivity contribution in [3.63, 3.8) is 0 Å². The Bertz CT molecular complexity index is 211. The number of hydrogen-bond donors (Lipinski definition) is 0. The second kappa shape index (κ2) is 5.47. The molecule has 0 aromatic carbocycles. The Morgan fingerprint density at radius 1 is 1.27 bits per heavy atom. The maximum atomic E-state index is 11.1. The molecule has 0 aromatic heterocycles. The molecule has 0 amide bonds. The quantitative estimate of drug-likeness (QED) is 0.665. The highest BCUT2D eigenvalue weighted by atomic mass is 16.7. The molecule has 0 N–H and O–H groups in total. The molecule has 0 aromatic rings. The molecule has 2 unspecified atom stereocenters. The van der Waals surface area contributed by atoms with Gasteiger partial charge in [0, 0.05) is 6.61 Å². The standard InChI is InChI=1S/C11H18O4/c12-11-9(5-8-15-11)4-7-14-10-3-1-2-6-13-10/h9-10H,1-8H2. The number of ether oxygens (including phenoxy) is 3. The first kappa shape index (κ1) is 10.9. The fraction of sp³-hybridized carbons (Fsp3) is 0.909. The van der Waals surface area contributed by atoms with Crippen molar-refractivity contribution in [3.8, 4) is 0 Å². The van der Waals surface area contributed by atoms with Gasteiger partial charge >= 0.3 is 5.97 Å². The number of rotatable bonds is 4. The van der Waals surface area contributed by atoms with E-state index >= 15 is 0 Å². The van der Waals surface area contributed by atoms with E-state index in [-0.39, 0.29) is 18.2 Å². The van der Waals surface area contributed by atoms with Gasteiger partial charge in [0.2, 0.25) is 0 Å². The summed E-state index contributed by atoms with van der Waals surface area (Å²) in [5.41, 5.74) is 0. The first-order valence-electron chi connectivity index (χ1n) is 5.76. The number of esters is 1. The van der Waals surface area contributed by atoms with Crippen LogP contribution in [-0.2, 0) is 19.0 Å². The summed E-state index contributed by atoms with van der Waals surface area (Å²) in [4.78, 5) is 11.1. The average Bonchev–Trinajstić information content (AvgIpc) is 2.66. The molecule has 2 aliphatic rings. The molecule has 0 aliphatic carbocycles. The molecule has 0 radical (unpaired) electrons. The van der Waals surface area contributed by atoms with Gasteiger partial charge < -0.3 is 14.2 Å². The topological polar surface area (TPSA) is 44.8 Å². The van der Waals surface area contributed by atoms with Gasteiger partial charge in [-0.2, -0.15) is 0 Å². The van der Waals surface area contributed by atoms with Gasteiger partial charge in [0.05, 0.1) is 19.1 Å². The summed E-state index contributed by atoms with van der Waals surface area (Å²) in [6.45, 7) is 1.98. The highest BCUT2D eigenvalue weighted by Crippen LogP contribution is 2.19. The van der Waals surface area contributed by atoms with Crippen molar-refractivity contribution in [1.29, 1.82) is 0 Å². The van der Waals surface area contributed by atoms with Gasteiger partial charge in [-0.1, -0.05) is 0 Å². The molecule has 2 aliphatic heterocycles. The molecular formula is C11H18O4. The largest absolute Gasteiger partial charge is 0.465 e. The Morgan fingerprint density at radius 2 is 2.20 bits per heavy atom. The Balaban J connectivity index is 1.59. The minimum absolute atomic E-state index is 0.0452. The van der Waals surface area contributed by atoms with Crippen LogP contribution in [0.15, 0.2) is 0 Å². The Hall–Kier alpha value is -0.610. The fourth-order valence-electron chi connectivity index (χ4n) is 1.98. The van der Waals surface area contributed by atoms with Gasteiger partial charge in [-0.05, 0) is 32.1 Å². The summed E-state index contributed by atoms with van der Waals surface area (Å²) in [7, 11) is 0. The summed E-state index contributed by atoms with van der Waals surface area (Å²) in [5, 5.41) is 0. The minimum Gasteiger partial charge on any atom is -0.465 e. The lowest BCUT2D eigenvalue weighted by Gasteiger charge is -2.22. The van der Waals surface area contributed by atoms with Gasteiger partial charge in [0.15, 0.2) is 6.29 Å². The van der Waals surface area contributed by atoms with E-state index < -0.39 is 0 Å². The van der Waals surface area contributed by atoms with Crippen molar-refractivity contribution in [1.82, 2.24) is 0 Å². The van der Waals surface area contributed by atoms with Crippen molar-refractivity contribution in [3.05, 3.63) is 0 Å². The molecule has 2 saturated heterocycles. The van der Waals surface area contributed by atoms with Crippen molar-refractivity contribution in [2.75, 3.05) is 19.8 Å². The maximum absolute atomic E-state index is 11.1. The summed E-state index contributed by atoms with van der Waals surface area (Å²) < 4.78 is 15.9. The van der Waals surface area contributed by atoms with E-state index in [1.54, 1.807) is 0 Å². The lowest BCUT2D eigenvalue weighted by molar-refractivity contribution is -0.165. The molecule has 0 saturated carbocycles.